The van der Waals surface area contributed by atoms with Gasteiger partial charge in [0.25, 0.3) is 5.91 Å². The third kappa shape index (κ3) is 4.48. The highest BCUT2D eigenvalue weighted by atomic mass is 16.5. The van der Waals surface area contributed by atoms with Crippen molar-refractivity contribution in [2.24, 2.45) is 0 Å². The number of benzene rings is 3. The van der Waals surface area contributed by atoms with E-state index >= 15 is 0 Å². The first-order chi connectivity index (χ1) is 15.0. The summed E-state index contributed by atoms with van der Waals surface area (Å²) in [5.74, 6) is 0.161. The number of carbonyl (C=O) groups is 2. The Morgan fingerprint density at radius 3 is 2.32 bits per heavy atom. The summed E-state index contributed by atoms with van der Waals surface area (Å²) in [6, 6.07) is 23.3. The Balaban J connectivity index is 1.69. The van der Waals surface area contributed by atoms with Gasteiger partial charge in [0.15, 0.2) is 6.04 Å². The van der Waals surface area contributed by atoms with Crippen LogP contribution < -0.4 is 15.5 Å². The SMILES string of the molecule is COc1ccc([C@@H]2[C@H](NC(=O)c3ccc(C)cc3)C(=O)N/[N+]2=C\c2ccccc2)cc1. The number of hydrogen-bond acceptors (Lipinski definition) is 3. The molecule has 1 saturated heterocycles. The lowest BCUT2D eigenvalue weighted by atomic mass is 9.99. The van der Waals surface area contributed by atoms with Gasteiger partial charge in [0.05, 0.1) is 7.11 Å². The molecule has 1 aliphatic heterocycles. The highest BCUT2D eigenvalue weighted by Crippen LogP contribution is 2.27. The predicted octanol–water partition coefficient (Wildman–Crippen LogP) is 3.02. The third-order valence-corrected chi connectivity index (χ3v) is 5.28. The van der Waals surface area contributed by atoms with E-state index in [-0.39, 0.29) is 11.8 Å². The molecule has 0 unspecified atom stereocenters. The molecule has 31 heavy (non-hydrogen) atoms. The second kappa shape index (κ2) is 8.83. The molecule has 0 bridgehead atoms. The minimum atomic E-state index is -0.762. The molecule has 3 aromatic carbocycles. The van der Waals surface area contributed by atoms with Crippen molar-refractivity contribution in [3.8, 4) is 5.75 Å². The summed E-state index contributed by atoms with van der Waals surface area (Å²) in [5, 5.41) is 2.91. The maximum absolute atomic E-state index is 12.9. The van der Waals surface area contributed by atoms with Crippen molar-refractivity contribution in [2.45, 2.75) is 19.0 Å². The highest BCUT2D eigenvalue weighted by Gasteiger charge is 2.47. The van der Waals surface area contributed by atoms with E-state index < -0.39 is 12.1 Å². The topological polar surface area (TPSA) is 70.4 Å². The second-order valence-corrected chi connectivity index (χ2v) is 7.46. The summed E-state index contributed by atoms with van der Waals surface area (Å²) in [6.07, 6.45) is 1.87. The lowest BCUT2D eigenvalue weighted by Crippen LogP contribution is -2.42. The van der Waals surface area contributed by atoms with Gasteiger partial charge in [-0.2, -0.15) is 0 Å². The number of hydrazone groups is 1. The van der Waals surface area contributed by atoms with E-state index in [9.17, 15) is 9.59 Å². The van der Waals surface area contributed by atoms with Gasteiger partial charge in [-0.3, -0.25) is 9.59 Å². The molecule has 0 spiro atoms. The van der Waals surface area contributed by atoms with Gasteiger partial charge in [-0.05, 0) is 55.5 Å². The first-order valence-electron chi connectivity index (χ1n) is 10.1. The van der Waals surface area contributed by atoms with Crippen molar-refractivity contribution in [1.29, 1.82) is 0 Å². The Morgan fingerprint density at radius 1 is 1.00 bits per heavy atom. The van der Waals surface area contributed by atoms with Crippen LogP contribution in [0.4, 0.5) is 0 Å². The van der Waals surface area contributed by atoms with E-state index in [0.717, 1.165) is 22.4 Å². The van der Waals surface area contributed by atoms with Crippen LogP contribution in [0.3, 0.4) is 0 Å². The number of nitrogens with one attached hydrogen (secondary N) is 2. The zero-order chi connectivity index (χ0) is 21.8. The lowest BCUT2D eigenvalue weighted by Gasteiger charge is -2.15. The fraction of sp³-hybridized carbons (Fsp3) is 0.160. The van der Waals surface area contributed by atoms with Gasteiger partial charge in [0.2, 0.25) is 12.3 Å². The van der Waals surface area contributed by atoms with Crippen LogP contribution in [0.5, 0.6) is 5.75 Å². The Morgan fingerprint density at radius 2 is 1.68 bits per heavy atom. The van der Waals surface area contributed by atoms with Crippen LogP contribution in [-0.4, -0.2) is 35.9 Å². The van der Waals surface area contributed by atoms with E-state index in [1.807, 2.05) is 79.9 Å². The van der Waals surface area contributed by atoms with Gasteiger partial charge < -0.3 is 10.1 Å². The van der Waals surface area contributed by atoms with Crippen molar-refractivity contribution in [2.75, 3.05) is 7.11 Å². The van der Waals surface area contributed by atoms with E-state index in [1.54, 1.807) is 23.9 Å². The number of hydrazine groups is 1. The smallest absolute Gasteiger partial charge is 0.304 e. The maximum Gasteiger partial charge on any atom is 0.304 e. The number of carbonyl (C=O) groups excluding carboxylic acids is 2. The van der Waals surface area contributed by atoms with Gasteiger partial charge in [0, 0.05) is 16.7 Å². The van der Waals surface area contributed by atoms with Crippen LogP contribution in [0.2, 0.25) is 0 Å². The van der Waals surface area contributed by atoms with Gasteiger partial charge in [-0.1, -0.05) is 35.9 Å². The van der Waals surface area contributed by atoms with Gasteiger partial charge >= 0.3 is 5.91 Å². The zero-order valence-corrected chi connectivity index (χ0v) is 17.4. The third-order valence-electron chi connectivity index (χ3n) is 5.28. The Labute approximate surface area is 181 Å². The highest BCUT2D eigenvalue weighted by molar-refractivity contribution is 5.98. The van der Waals surface area contributed by atoms with Crippen molar-refractivity contribution in [3.05, 3.63) is 101 Å². The number of amides is 2. The number of nitrogens with zero attached hydrogens (tertiary/aromatic N) is 1. The summed E-state index contributed by atoms with van der Waals surface area (Å²) in [4.78, 5) is 25.8. The average Bonchev–Trinajstić information content (AvgIpc) is 3.09. The maximum atomic E-state index is 12.9. The van der Waals surface area contributed by atoms with Gasteiger partial charge in [-0.25, -0.2) is 0 Å². The molecule has 6 heteroatoms. The molecular weight excluding hydrogens is 390 g/mol. The summed E-state index contributed by atoms with van der Waals surface area (Å²) in [6.45, 7) is 1.96. The van der Waals surface area contributed by atoms with Crippen LogP contribution in [0, 0.1) is 6.92 Å². The zero-order valence-electron chi connectivity index (χ0n) is 17.4. The fourth-order valence-corrected chi connectivity index (χ4v) is 3.61. The molecule has 4 rings (SSSR count). The van der Waals surface area contributed by atoms with E-state index in [4.69, 9.17) is 4.74 Å². The van der Waals surface area contributed by atoms with Crippen molar-refractivity contribution >= 4 is 18.0 Å². The van der Waals surface area contributed by atoms with E-state index in [0.29, 0.717) is 5.56 Å². The molecule has 0 saturated carbocycles. The first-order valence-corrected chi connectivity index (χ1v) is 10.1. The largest absolute Gasteiger partial charge is 0.497 e. The Kier molecular flexibility index (Phi) is 5.80. The number of ether oxygens (including phenoxy) is 1. The second-order valence-electron chi connectivity index (χ2n) is 7.46. The summed E-state index contributed by atoms with van der Waals surface area (Å²) in [7, 11) is 1.61. The standard InChI is InChI=1S/C25H23N3O3/c1-17-8-10-20(11-9-17)24(29)26-22-23(19-12-14-21(31-2)15-13-19)28(27-25(22)30)16-18-6-4-3-5-7-18/h3-16,22-23H,1-2H3,(H-,26,27,29,30)/p+1/b28-16-/t22-,23+/m0/s1. The lowest BCUT2D eigenvalue weighted by molar-refractivity contribution is -0.596. The Bertz CT molecular complexity index is 1110. The number of rotatable bonds is 5. The molecule has 0 radical (unpaired) electrons. The Hall–Kier alpha value is -3.93. The van der Waals surface area contributed by atoms with Crippen LogP contribution in [-0.2, 0) is 4.79 Å². The van der Waals surface area contributed by atoms with Crippen LogP contribution >= 0.6 is 0 Å². The van der Waals surface area contributed by atoms with Crippen LogP contribution in [0.25, 0.3) is 0 Å². The summed E-state index contributed by atoms with van der Waals surface area (Å²) >= 11 is 0. The van der Waals surface area contributed by atoms with Crippen molar-refractivity contribution < 1.29 is 19.0 Å². The number of methoxy groups -OCH3 is 1. The molecule has 1 heterocycles. The molecule has 6 nitrogen and oxygen atoms in total. The van der Waals surface area contributed by atoms with Crippen LogP contribution in [0.15, 0.2) is 78.9 Å². The first kappa shape index (κ1) is 20.3. The van der Waals surface area contributed by atoms with Gasteiger partial charge in [0.1, 0.15) is 5.75 Å². The van der Waals surface area contributed by atoms with E-state index in [1.165, 1.54) is 0 Å². The number of hydrogen-bond donors (Lipinski definition) is 2. The minimum absolute atomic E-state index is 0.270. The molecule has 1 fully saturated rings. The summed E-state index contributed by atoms with van der Waals surface area (Å²) < 4.78 is 7.01. The average molecular weight is 414 g/mol. The molecule has 156 valence electrons. The molecular formula is C25H24N3O3+. The summed E-state index contributed by atoms with van der Waals surface area (Å²) in [5.41, 5.74) is 6.28. The molecule has 2 amide bonds. The molecule has 0 aliphatic carbocycles. The minimum Gasteiger partial charge on any atom is -0.497 e. The normalized spacial score (nSPS) is 19.2. The quantitative estimate of drug-likeness (QED) is 0.631. The van der Waals surface area contributed by atoms with Crippen molar-refractivity contribution in [3.63, 3.8) is 0 Å². The van der Waals surface area contributed by atoms with Crippen LogP contribution in [0.1, 0.15) is 33.1 Å². The molecule has 1 aliphatic rings. The molecule has 2 atom stereocenters. The van der Waals surface area contributed by atoms with Gasteiger partial charge in [-0.15, -0.1) is 10.1 Å². The monoisotopic (exact) mass is 414 g/mol. The van der Waals surface area contributed by atoms with E-state index in [2.05, 4.69) is 10.7 Å². The van der Waals surface area contributed by atoms with Crippen molar-refractivity contribution in [1.82, 2.24) is 10.7 Å². The number of aryl methyl sites for hydroxylation is 1. The predicted molar refractivity (Wildman–Crippen MR) is 118 cm³/mol. The molecule has 3 aromatic rings. The molecule has 2 N–H and O–H groups in total. The molecule has 0 aromatic heterocycles. The fourth-order valence-electron chi connectivity index (χ4n) is 3.61.